The van der Waals surface area contributed by atoms with Gasteiger partial charge in [0.2, 0.25) is 0 Å². The van der Waals surface area contributed by atoms with E-state index in [4.69, 9.17) is 0 Å². The van der Waals surface area contributed by atoms with Gasteiger partial charge in [0, 0.05) is 11.8 Å². The average molecular weight is 192 g/mol. The summed E-state index contributed by atoms with van der Waals surface area (Å²) in [6.45, 7) is 3.78. The number of hydrogen-bond donors (Lipinski definition) is 0. The molecule has 1 nitrogen and oxygen atoms in total. The average Bonchev–Trinajstić information content (AvgIpc) is 2.91. The molecule has 2 saturated carbocycles. The maximum Gasteiger partial charge on any atom is 0.139 e. The minimum atomic E-state index is 0.322. The zero-order valence-electron chi connectivity index (χ0n) is 8.87. The molecule has 0 aromatic heterocycles. The van der Waals surface area contributed by atoms with Gasteiger partial charge in [0.25, 0.3) is 0 Å². The monoisotopic (exact) mass is 192 g/mol. The van der Waals surface area contributed by atoms with E-state index >= 15 is 0 Å². The first-order chi connectivity index (χ1) is 6.83. The van der Waals surface area contributed by atoms with Crippen molar-refractivity contribution in [3.8, 4) is 0 Å². The van der Waals surface area contributed by atoms with E-state index in [0.717, 1.165) is 19.3 Å². The smallest absolute Gasteiger partial charge is 0.139 e. The molecule has 1 atom stereocenters. The zero-order valence-corrected chi connectivity index (χ0v) is 8.87. The minimum absolute atomic E-state index is 0.322. The summed E-state index contributed by atoms with van der Waals surface area (Å²) in [6.07, 6.45) is 10.4. The highest BCUT2D eigenvalue weighted by molar-refractivity contribution is 5.85. The van der Waals surface area contributed by atoms with Gasteiger partial charge in [0.15, 0.2) is 0 Å². The summed E-state index contributed by atoms with van der Waals surface area (Å²) >= 11 is 0. The first-order valence-electron chi connectivity index (χ1n) is 5.97. The van der Waals surface area contributed by atoms with Crippen molar-refractivity contribution in [1.29, 1.82) is 0 Å². The van der Waals surface area contributed by atoms with Crippen molar-refractivity contribution in [2.45, 2.75) is 44.9 Å². The van der Waals surface area contributed by atoms with Crippen molar-refractivity contribution in [3.63, 3.8) is 0 Å². The topological polar surface area (TPSA) is 17.1 Å². The predicted molar refractivity (Wildman–Crippen MR) is 58.0 cm³/mol. The van der Waals surface area contributed by atoms with Crippen LogP contribution in [0.4, 0.5) is 0 Å². The summed E-state index contributed by atoms with van der Waals surface area (Å²) < 4.78 is 0. The fourth-order valence-electron chi connectivity index (χ4n) is 2.75. The van der Waals surface area contributed by atoms with Crippen LogP contribution in [0.1, 0.15) is 44.9 Å². The molecule has 0 amide bonds. The van der Waals surface area contributed by atoms with E-state index in [1.807, 2.05) is 6.08 Å². The molecule has 0 aromatic carbocycles. The molecule has 78 valence electrons. The summed E-state index contributed by atoms with van der Waals surface area (Å²) in [5.41, 5.74) is 0. The van der Waals surface area contributed by atoms with Crippen LogP contribution in [-0.4, -0.2) is 5.78 Å². The van der Waals surface area contributed by atoms with Crippen molar-refractivity contribution < 1.29 is 4.79 Å². The van der Waals surface area contributed by atoms with Gasteiger partial charge in [-0.2, -0.15) is 0 Å². The molecule has 1 heteroatoms. The van der Waals surface area contributed by atoms with Crippen LogP contribution in [0.2, 0.25) is 0 Å². The van der Waals surface area contributed by atoms with Crippen molar-refractivity contribution in [1.82, 2.24) is 0 Å². The molecule has 0 N–H and O–H groups in total. The highest BCUT2D eigenvalue weighted by atomic mass is 16.1. The molecule has 0 aromatic rings. The molecular weight excluding hydrogens is 172 g/mol. The molecule has 14 heavy (non-hydrogen) atoms. The van der Waals surface area contributed by atoms with Gasteiger partial charge in [0.1, 0.15) is 5.78 Å². The summed E-state index contributed by atoms with van der Waals surface area (Å²) in [6, 6.07) is 0. The molecule has 0 saturated heterocycles. The molecule has 0 radical (unpaired) electrons. The van der Waals surface area contributed by atoms with Crippen LogP contribution < -0.4 is 0 Å². The maximum absolute atomic E-state index is 12.0. The first-order valence-corrected chi connectivity index (χ1v) is 5.97. The van der Waals surface area contributed by atoms with Crippen LogP contribution in [0.5, 0.6) is 0 Å². The Morgan fingerprint density at radius 2 is 1.93 bits per heavy atom. The lowest BCUT2D eigenvalue weighted by Gasteiger charge is -2.20. The van der Waals surface area contributed by atoms with Crippen LogP contribution in [0.3, 0.4) is 0 Å². The van der Waals surface area contributed by atoms with Crippen molar-refractivity contribution in [3.05, 3.63) is 12.7 Å². The molecule has 1 unspecified atom stereocenters. The van der Waals surface area contributed by atoms with Gasteiger partial charge in [-0.25, -0.2) is 0 Å². The van der Waals surface area contributed by atoms with E-state index < -0.39 is 0 Å². The summed E-state index contributed by atoms with van der Waals surface area (Å²) in [5.74, 6) is 1.99. The lowest BCUT2D eigenvalue weighted by Crippen LogP contribution is -2.23. The Hall–Kier alpha value is -0.590. The Balaban J connectivity index is 1.97. The van der Waals surface area contributed by atoms with Gasteiger partial charge in [0.05, 0.1) is 0 Å². The van der Waals surface area contributed by atoms with Crippen molar-refractivity contribution in [2.75, 3.05) is 0 Å². The van der Waals surface area contributed by atoms with Gasteiger partial charge in [-0.15, -0.1) is 6.58 Å². The molecule has 2 fully saturated rings. The van der Waals surface area contributed by atoms with E-state index in [1.54, 1.807) is 0 Å². The molecule has 2 rings (SSSR count). The maximum atomic E-state index is 12.0. The van der Waals surface area contributed by atoms with Gasteiger partial charge < -0.3 is 0 Å². The lowest BCUT2D eigenvalue weighted by molar-refractivity contribution is -0.125. The number of ketones is 1. The Labute approximate surface area is 86.6 Å². The van der Waals surface area contributed by atoms with Crippen LogP contribution in [0.15, 0.2) is 12.7 Å². The predicted octanol–water partition coefficient (Wildman–Crippen LogP) is 3.35. The normalized spacial score (nSPS) is 24.9. The number of carbonyl (C=O) groups excluding carboxylic acids is 1. The number of rotatable bonds is 5. The molecule has 0 aliphatic heterocycles. The fourth-order valence-corrected chi connectivity index (χ4v) is 2.75. The quantitative estimate of drug-likeness (QED) is 0.610. The van der Waals surface area contributed by atoms with E-state index in [2.05, 4.69) is 6.58 Å². The van der Waals surface area contributed by atoms with Gasteiger partial charge >= 0.3 is 0 Å². The van der Waals surface area contributed by atoms with E-state index in [0.29, 0.717) is 23.5 Å². The van der Waals surface area contributed by atoms with Gasteiger partial charge in [-0.05, 0) is 38.0 Å². The standard InChI is InChI=1S/C13H20O/c1-2-5-12(10-6-3-4-7-10)13(14)11-8-9-11/h2,10-12H,1,3-9H2. The second kappa shape index (κ2) is 4.29. The Bertz CT molecular complexity index is 221. The van der Waals surface area contributed by atoms with E-state index in [-0.39, 0.29) is 0 Å². The zero-order chi connectivity index (χ0) is 9.97. The summed E-state index contributed by atoms with van der Waals surface area (Å²) in [7, 11) is 0. The van der Waals surface area contributed by atoms with E-state index in [9.17, 15) is 4.79 Å². The third-order valence-electron chi connectivity index (χ3n) is 3.73. The molecule has 0 heterocycles. The summed E-state index contributed by atoms with van der Waals surface area (Å²) in [4.78, 5) is 12.0. The van der Waals surface area contributed by atoms with Crippen LogP contribution in [0, 0.1) is 17.8 Å². The van der Waals surface area contributed by atoms with Crippen LogP contribution in [-0.2, 0) is 4.79 Å². The van der Waals surface area contributed by atoms with Crippen LogP contribution >= 0.6 is 0 Å². The van der Waals surface area contributed by atoms with Gasteiger partial charge in [-0.1, -0.05) is 18.9 Å². The first kappa shape index (κ1) is 9.95. The molecule has 2 aliphatic carbocycles. The van der Waals surface area contributed by atoms with E-state index in [1.165, 1.54) is 25.7 Å². The van der Waals surface area contributed by atoms with Gasteiger partial charge in [-0.3, -0.25) is 4.79 Å². The van der Waals surface area contributed by atoms with Crippen molar-refractivity contribution in [2.24, 2.45) is 17.8 Å². The number of allylic oxidation sites excluding steroid dienone is 1. The fraction of sp³-hybridized carbons (Fsp3) is 0.769. The largest absolute Gasteiger partial charge is 0.299 e. The molecule has 0 bridgehead atoms. The van der Waals surface area contributed by atoms with Crippen molar-refractivity contribution >= 4 is 5.78 Å². The highest BCUT2D eigenvalue weighted by Crippen LogP contribution is 2.40. The van der Waals surface area contributed by atoms with Crippen LogP contribution in [0.25, 0.3) is 0 Å². The molecule has 2 aliphatic rings. The third kappa shape index (κ3) is 2.08. The number of carbonyl (C=O) groups is 1. The highest BCUT2D eigenvalue weighted by Gasteiger charge is 2.38. The SMILES string of the molecule is C=CCC(C(=O)C1CC1)C1CCCC1. The lowest BCUT2D eigenvalue weighted by atomic mass is 9.83. The Morgan fingerprint density at radius 1 is 1.29 bits per heavy atom. The minimum Gasteiger partial charge on any atom is -0.299 e. The summed E-state index contributed by atoms with van der Waals surface area (Å²) in [5, 5.41) is 0. The Morgan fingerprint density at radius 3 is 2.43 bits per heavy atom. The Kier molecular flexibility index (Phi) is 3.05. The number of Topliss-reactive ketones (excluding diaryl/α,β-unsaturated/α-hetero) is 1. The second-order valence-electron chi connectivity index (χ2n) is 4.85. The second-order valence-corrected chi connectivity index (χ2v) is 4.85. The third-order valence-corrected chi connectivity index (χ3v) is 3.73. The molecular formula is C13H20O. The number of hydrogen-bond acceptors (Lipinski definition) is 1. The molecule has 0 spiro atoms.